The molecule has 0 aliphatic rings. The molecule has 0 aliphatic heterocycles. The number of hydrogen-bond donors (Lipinski definition) is 5. The number of aromatic hydroxyl groups is 1. The van der Waals surface area contributed by atoms with Crippen LogP contribution in [0.25, 0.3) is 11.3 Å². The van der Waals surface area contributed by atoms with Crippen LogP contribution >= 0.6 is 0 Å². The van der Waals surface area contributed by atoms with E-state index in [0.29, 0.717) is 17.2 Å². The first kappa shape index (κ1) is 13.9. The highest BCUT2D eigenvalue weighted by molar-refractivity contribution is 5.67. The average molecular weight is 300 g/mol. The Kier molecular flexibility index (Phi) is 3.63. The van der Waals surface area contributed by atoms with Crippen LogP contribution in [0, 0.1) is 5.82 Å². The third kappa shape index (κ3) is 2.84. The van der Waals surface area contributed by atoms with Crippen molar-refractivity contribution in [3.63, 3.8) is 0 Å². The van der Waals surface area contributed by atoms with Gasteiger partial charge in [-0.25, -0.2) is 4.39 Å². The van der Waals surface area contributed by atoms with Crippen LogP contribution in [0.4, 0.5) is 21.6 Å². The van der Waals surface area contributed by atoms with Gasteiger partial charge in [0.15, 0.2) is 17.4 Å². The third-order valence-corrected chi connectivity index (χ3v) is 3.12. The summed E-state index contributed by atoms with van der Waals surface area (Å²) in [6.07, 6.45) is 0. The average Bonchev–Trinajstić information content (AvgIpc) is 2.99. The van der Waals surface area contributed by atoms with Crippen LogP contribution in [-0.2, 0) is 0 Å². The van der Waals surface area contributed by atoms with Crippen LogP contribution in [0.15, 0.2) is 48.5 Å². The van der Waals surface area contributed by atoms with Gasteiger partial charge in [-0.05, 0) is 29.8 Å². The van der Waals surface area contributed by atoms with E-state index >= 15 is 0 Å². The maximum atomic E-state index is 13.3. The predicted octanol–water partition coefficient (Wildman–Crippen LogP) is 3.47. The van der Waals surface area contributed by atoms with Crippen molar-refractivity contribution in [2.75, 3.05) is 10.8 Å². The lowest BCUT2D eigenvalue weighted by atomic mass is 10.1. The van der Waals surface area contributed by atoms with E-state index in [2.05, 4.69) is 21.0 Å². The summed E-state index contributed by atoms with van der Waals surface area (Å²) in [7, 11) is 0. The molecule has 0 spiro atoms. The molecule has 0 amide bonds. The van der Waals surface area contributed by atoms with Crippen molar-refractivity contribution >= 4 is 17.2 Å². The van der Waals surface area contributed by atoms with E-state index in [0.717, 1.165) is 11.3 Å². The Bertz CT molecular complexity index is 786. The van der Waals surface area contributed by atoms with Crippen molar-refractivity contribution in [1.29, 1.82) is 0 Å². The number of halogens is 1. The molecule has 0 saturated carbocycles. The highest BCUT2D eigenvalue weighted by Gasteiger charge is 2.06. The lowest BCUT2D eigenvalue weighted by Crippen LogP contribution is -1.91. The maximum absolute atomic E-state index is 13.3. The van der Waals surface area contributed by atoms with Crippen molar-refractivity contribution in [2.45, 2.75) is 0 Å². The number of aromatic amines is 1. The second-order valence-electron chi connectivity index (χ2n) is 4.65. The SMILES string of the molecule is ONc1ccc(-c2cc(Nc3ccc(O)c(F)c3)n[nH]2)cc1. The molecular formula is C15H13FN4O2. The first-order valence-electron chi connectivity index (χ1n) is 6.47. The molecule has 0 saturated heterocycles. The van der Waals surface area contributed by atoms with Crippen molar-refractivity contribution in [3.05, 3.63) is 54.3 Å². The number of phenols is 1. The smallest absolute Gasteiger partial charge is 0.166 e. The molecular weight excluding hydrogens is 287 g/mol. The summed E-state index contributed by atoms with van der Waals surface area (Å²) in [5, 5.41) is 27.8. The topological polar surface area (TPSA) is 93.2 Å². The second kappa shape index (κ2) is 5.74. The van der Waals surface area contributed by atoms with Gasteiger partial charge in [0.25, 0.3) is 0 Å². The molecule has 0 bridgehead atoms. The van der Waals surface area contributed by atoms with Gasteiger partial charge in [0.05, 0.1) is 11.4 Å². The van der Waals surface area contributed by atoms with Gasteiger partial charge < -0.3 is 10.4 Å². The zero-order valence-electron chi connectivity index (χ0n) is 11.3. The lowest BCUT2D eigenvalue weighted by Gasteiger charge is -2.03. The van der Waals surface area contributed by atoms with E-state index in [1.807, 2.05) is 12.1 Å². The van der Waals surface area contributed by atoms with E-state index in [9.17, 15) is 4.39 Å². The molecule has 0 aliphatic carbocycles. The minimum Gasteiger partial charge on any atom is -0.505 e. The predicted molar refractivity (Wildman–Crippen MR) is 80.8 cm³/mol. The number of phenolic OH excluding ortho intramolecular Hbond substituents is 1. The Labute approximate surface area is 125 Å². The molecule has 22 heavy (non-hydrogen) atoms. The fraction of sp³-hybridized carbons (Fsp3) is 0. The number of benzene rings is 2. The number of rotatable bonds is 4. The molecule has 1 heterocycles. The molecule has 0 radical (unpaired) electrons. The van der Waals surface area contributed by atoms with Gasteiger partial charge in [-0.3, -0.25) is 15.8 Å². The molecule has 3 rings (SSSR count). The summed E-state index contributed by atoms with van der Waals surface area (Å²) in [5.41, 5.74) is 4.78. The van der Waals surface area contributed by atoms with Crippen LogP contribution in [0.1, 0.15) is 0 Å². The molecule has 0 unspecified atom stereocenters. The number of H-pyrrole nitrogens is 1. The highest BCUT2D eigenvalue weighted by atomic mass is 19.1. The first-order chi connectivity index (χ1) is 10.7. The molecule has 0 fully saturated rings. The fourth-order valence-electron chi connectivity index (χ4n) is 1.99. The van der Waals surface area contributed by atoms with Gasteiger partial charge >= 0.3 is 0 Å². The summed E-state index contributed by atoms with van der Waals surface area (Å²) in [5.74, 6) is -0.580. The van der Waals surface area contributed by atoms with Gasteiger partial charge in [0.2, 0.25) is 0 Å². The highest BCUT2D eigenvalue weighted by Crippen LogP contribution is 2.25. The van der Waals surface area contributed by atoms with Gasteiger partial charge in [-0.15, -0.1) is 0 Å². The van der Waals surface area contributed by atoms with Crippen molar-refractivity contribution in [3.8, 4) is 17.0 Å². The monoisotopic (exact) mass is 300 g/mol. The second-order valence-corrected chi connectivity index (χ2v) is 4.65. The van der Waals surface area contributed by atoms with E-state index in [1.165, 1.54) is 12.1 Å². The largest absolute Gasteiger partial charge is 0.505 e. The molecule has 112 valence electrons. The van der Waals surface area contributed by atoms with Crippen molar-refractivity contribution in [1.82, 2.24) is 10.2 Å². The molecule has 6 nitrogen and oxygen atoms in total. The van der Waals surface area contributed by atoms with Gasteiger partial charge in [0.1, 0.15) is 0 Å². The lowest BCUT2D eigenvalue weighted by molar-refractivity contribution is 0.389. The van der Waals surface area contributed by atoms with Crippen LogP contribution in [0.5, 0.6) is 5.75 Å². The Morgan fingerprint density at radius 2 is 1.73 bits per heavy atom. The molecule has 2 aromatic carbocycles. The number of nitrogens with one attached hydrogen (secondary N) is 3. The zero-order valence-corrected chi connectivity index (χ0v) is 11.3. The summed E-state index contributed by atoms with van der Waals surface area (Å²) in [6.45, 7) is 0. The van der Waals surface area contributed by atoms with Crippen LogP contribution < -0.4 is 10.8 Å². The summed E-state index contributed by atoms with van der Waals surface area (Å²) >= 11 is 0. The summed E-state index contributed by atoms with van der Waals surface area (Å²) < 4.78 is 13.3. The molecule has 3 aromatic rings. The van der Waals surface area contributed by atoms with E-state index in [4.69, 9.17) is 10.3 Å². The molecule has 7 heteroatoms. The van der Waals surface area contributed by atoms with E-state index in [-0.39, 0.29) is 0 Å². The first-order valence-corrected chi connectivity index (χ1v) is 6.47. The third-order valence-electron chi connectivity index (χ3n) is 3.12. The van der Waals surface area contributed by atoms with Crippen LogP contribution in [0.2, 0.25) is 0 Å². The molecule has 1 aromatic heterocycles. The minimum absolute atomic E-state index is 0.397. The Hall–Kier alpha value is -3.06. The maximum Gasteiger partial charge on any atom is 0.166 e. The number of aromatic nitrogens is 2. The number of anilines is 3. The van der Waals surface area contributed by atoms with E-state index in [1.54, 1.807) is 24.3 Å². The normalized spacial score (nSPS) is 10.5. The van der Waals surface area contributed by atoms with Gasteiger partial charge in [-0.2, -0.15) is 5.10 Å². The number of nitrogens with zero attached hydrogens (tertiary/aromatic N) is 1. The van der Waals surface area contributed by atoms with Crippen LogP contribution in [0.3, 0.4) is 0 Å². The van der Waals surface area contributed by atoms with Crippen molar-refractivity contribution in [2.24, 2.45) is 0 Å². The van der Waals surface area contributed by atoms with Gasteiger partial charge in [-0.1, -0.05) is 12.1 Å². The Balaban J connectivity index is 1.79. The number of hydrogen-bond acceptors (Lipinski definition) is 5. The van der Waals surface area contributed by atoms with Gasteiger partial charge in [0, 0.05) is 17.8 Å². The van der Waals surface area contributed by atoms with Crippen LogP contribution in [-0.4, -0.2) is 20.5 Å². The molecule has 5 N–H and O–H groups in total. The molecule has 0 atom stereocenters. The zero-order chi connectivity index (χ0) is 15.5. The minimum atomic E-state index is -0.701. The Morgan fingerprint density at radius 1 is 1.00 bits per heavy atom. The van der Waals surface area contributed by atoms with Crippen molar-refractivity contribution < 1.29 is 14.7 Å². The van der Waals surface area contributed by atoms with E-state index < -0.39 is 11.6 Å². The summed E-state index contributed by atoms with van der Waals surface area (Å²) in [4.78, 5) is 0. The summed E-state index contributed by atoms with van der Waals surface area (Å²) in [6, 6.07) is 12.8. The quantitative estimate of drug-likeness (QED) is 0.376. The standard InChI is InChI=1S/C15H13FN4O2/c16-12-7-11(5-6-14(12)21)17-15-8-13(18-19-15)9-1-3-10(20-22)4-2-9/h1-8,20-22H,(H2,17,18,19). The fourth-order valence-corrected chi connectivity index (χ4v) is 1.99. The Morgan fingerprint density at radius 3 is 2.41 bits per heavy atom.